The summed E-state index contributed by atoms with van der Waals surface area (Å²) >= 11 is 0. The van der Waals surface area contributed by atoms with Crippen LogP contribution in [0.15, 0.2) is 84.5 Å². The lowest BCUT2D eigenvalue weighted by molar-refractivity contribution is -0.140. The van der Waals surface area contributed by atoms with E-state index in [1.165, 1.54) is 48.9 Å². The Balaban J connectivity index is 1.22. The van der Waals surface area contributed by atoms with Gasteiger partial charge in [0.1, 0.15) is 6.79 Å². The Morgan fingerprint density at radius 2 is 1.60 bits per heavy atom. The fraction of sp³-hybridized carbons (Fsp3) is 0.630. The number of rotatable bonds is 13. The van der Waals surface area contributed by atoms with Gasteiger partial charge in [-0.3, -0.25) is 0 Å². The van der Waals surface area contributed by atoms with Gasteiger partial charge in [0.25, 0.3) is 8.32 Å². The lowest BCUT2D eigenvalue weighted by atomic mass is 9.47. The second-order valence-corrected chi connectivity index (χ2v) is 22.4. The molecule has 9 atom stereocenters. The number of allylic oxidation sites excluding steroid dienone is 1. The van der Waals surface area contributed by atoms with Crippen LogP contribution in [-0.4, -0.2) is 47.0 Å². The first-order chi connectivity index (χ1) is 24.8. The Morgan fingerprint density at radius 3 is 2.19 bits per heavy atom. The Labute approximate surface area is 316 Å². The highest BCUT2D eigenvalue weighted by Crippen LogP contribution is 2.67. The van der Waals surface area contributed by atoms with E-state index in [-0.39, 0.29) is 46.8 Å². The summed E-state index contributed by atoms with van der Waals surface area (Å²) < 4.78 is 24.6. The van der Waals surface area contributed by atoms with Crippen LogP contribution in [0.1, 0.15) is 106 Å². The van der Waals surface area contributed by atoms with Crippen LogP contribution in [0.4, 0.5) is 0 Å². The van der Waals surface area contributed by atoms with E-state index in [0.29, 0.717) is 36.4 Å². The van der Waals surface area contributed by atoms with E-state index in [2.05, 4.69) is 115 Å². The third-order valence-corrected chi connectivity index (χ3v) is 19.6. The molecule has 0 aliphatic heterocycles. The lowest BCUT2D eigenvalue weighted by Crippen LogP contribution is -2.68. The van der Waals surface area contributed by atoms with Crippen molar-refractivity contribution in [3.05, 3.63) is 84.5 Å². The number of methoxy groups -OCH3 is 1. The molecule has 52 heavy (non-hydrogen) atoms. The van der Waals surface area contributed by atoms with Crippen LogP contribution in [0.5, 0.6) is 0 Å². The number of carbonyl (C=O) groups excluding carboxylic acids is 1. The molecule has 0 bridgehead atoms. The highest BCUT2D eigenvalue weighted by Gasteiger charge is 2.60. The van der Waals surface area contributed by atoms with E-state index in [9.17, 15) is 4.79 Å². The van der Waals surface area contributed by atoms with Crippen molar-refractivity contribution in [2.24, 2.45) is 40.4 Å². The first-order valence-electron chi connectivity index (χ1n) is 20.2. The Hall–Kier alpha value is -2.51. The lowest BCUT2D eigenvalue weighted by Gasteiger charge is -2.59. The molecule has 0 spiro atoms. The molecule has 3 fully saturated rings. The molecule has 0 aromatic heterocycles. The summed E-state index contributed by atoms with van der Waals surface area (Å²) in [5.74, 6) is 2.64. The summed E-state index contributed by atoms with van der Waals surface area (Å²) in [6, 6.07) is 22.3. The summed E-state index contributed by atoms with van der Waals surface area (Å²) in [7, 11) is -0.950. The molecule has 4 aliphatic carbocycles. The Morgan fingerprint density at radius 1 is 0.942 bits per heavy atom. The highest BCUT2D eigenvalue weighted by atomic mass is 28.4. The van der Waals surface area contributed by atoms with Crippen molar-refractivity contribution in [2.45, 2.75) is 123 Å². The molecule has 0 heterocycles. The average Bonchev–Trinajstić information content (AvgIpc) is 3.49. The predicted octanol–water partition coefficient (Wildman–Crippen LogP) is 9.65. The molecule has 0 amide bonds. The van der Waals surface area contributed by atoms with Gasteiger partial charge in [-0.25, -0.2) is 4.79 Å². The van der Waals surface area contributed by atoms with Crippen LogP contribution in [0.25, 0.3) is 0 Å². The van der Waals surface area contributed by atoms with Gasteiger partial charge in [0.15, 0.2) is 0 Å². The van der Waals surface area contributed by atoms with Gasteiger partial charge in [0.2, 0.25) is 0 Å². The average molecular weight is 727 g/mol. The summed E-state index contributed by atoms with van der Waals surface area (Å²) in [6.45, 7) is 21.2. The summed E-state index contributed by atoms with van der Waals surface area (Å²) in [5, 5.41) is 2.72. The number of benzene rings is 2. The van der Waals surface area contributed by atoms with Crippen molar-refractivity contribution in [1.29, 1.82) is 0 Å². The number of fused-ring (bicyclic) bond motifs is 5. The molecule has 3 saturated carbocycles. The van der Waals surface area contributed by atoms with E-state index >= 15 is 0 Å². The van der Waals surface area contributed by atoms with Crippen LogP contribution in [0, 0.1) is 40.4 Å². The molecule has 0 radical (unpaired) electrons. The van der Waals surface area contributed by atoms with E-state index in [1.54, 1.807) is 12.7 Å². The van der Waals surface area contributed by atoms with E-state index in [1.807, 2.05) is 6.92 Å². The number of carbonyl (C=O) groups is 1. The number of hydrogen-bond donors (Lipinski definition) is 0. The monoisotopic (exact) mass is 726 g/mol. The number of ether oxygens (including phenoxy) is 3. The third-order valence-electron chi connectivity index (χ3n) is 14.5. The van der Waals surface area contributed by atoms with Gasteiger partial charge >= 0.3 is 5.97 Å². The van der Waals surface area contributed by atoms with Gasteiger partial charge in [0.05, 0.1) is 12.7 Å². The standard InChI is InChI=1S/C46H66O5Si/c1-10-49-43(47)32(2)29-42(50-31-48-9)33(3)39-23-24-40-38-22-21-34-30-35(25-27-45(34,7)41(38)26-28-46(39,40)8)51-52(44(4,5)6,36-17-13-11-14-18-36)37-19-15-12-16-20-37/h11-21,33,35,38-42H,2,10,22-31H2,1,3-9H3/t33-,35-,38-,39+,40-,41-,42+,45-,46+/m0/s1. The fourth-order valence-corrected chi connectivity index (χ4v) is 16.7. The normalized spacial score (nSPS) is 31.4. The van der Waals surface area contributed by atoms with Gasteiger partial charge in [-0.2, -0.15) is 0 Å². The molecule has 2 aromatic rings. The van der Waals surface area contributed by atoms with Crippen molar-refractivity contribution >= 4 is 24.7 Å². The maximum Gasteiger partial charge on any atom is 0.333 e. The number of hydrogen-bond acceptors (Lipinski definition) is 5. The van der Waals surface area contributed by atoms with Gasteiger partial charge < -0.3 is 18.6 Å². The van der Waals surface area contributed by atoms with E-state index < -0.39 is 8.32 Å². The van der Waals surface area contributed by atoms with Gasteiger partial charge in [0, 0.05) is 25.2 Å². The van der Waals surface area contributed by atoms with Gasteiger partial charge in [-0.1, -0.05) is 120 Å². The Kier molecular flexibility index (Phi) is 11.8. The van der Waals surface area contributed by atoms with Crippen LogP contribution in [0.2, 0.25) is 5.04 Å². The van der Waals surface area contributed by atoms with Crippen molar-refractivity contribution in [2.75, 3.05) is 20.5 Å². The molecule has 0 unspecified atom stereocenters. The minimum absolute atomic E-state index is 0.0217. The molecule has 5 nitrogen and oxygen atoms in total. The van der Waals surface area contributed by atoms with Crippen LogP contribution < -0.4 is 10.4 Å². The predicted molar refractivity (Wildman–Crippen MR) is 214 cm³/mol. The quantitative estimate of drug-likeness (QED) is 0.0677. The maximum absolute atomic E-state index is 12.5. The van der Waals surface area contributed by atoms with Crippen LogP contribution in [-0.2, 0) is 23.4 Å². The fourth-order valence-electron chi connectivity index (χ4n) is 11.9. The topological polar surface area (TPSA) is 54.0 Å². The first kappa shape index (κ1) is 39.2. The largest absolute Gasteiger partial charge is 0.463 e. The zero-order valence-corrected chi connectivity index (χ0v) is 34.4. The van der Waals surface area contributed by atoms with Crippen molar-refractivity contribution in [3.63, 3.8) is 0 Å². The van der Waals surface area contributed by atoms with Gasteiger partial charge in [-0.15, -0.1) is 0 Å². The molecule has 2 aromatic carbocycles. The zero-order chi connectivity index (χ0) is 37.3. The molecule has 284 valence electrons. The summed E-state index contributed by atoms with van der Waals surface area (Å²) in [6.07, 6.45) is 12.8. The minimum Gasteiger partial charge on any atom is -0.463 e. The smallest absolute Gasteiger partial charge is 0.333 e. The van der Waals surface area contributed by atoms with Crippen LogP contribution in [0.3, 0.4) is 0 Å². The second-order valence-electron chi connectivity index (χ2n) is 18.1. The third kappa shape index (κ3) is 7.07. The Bertz CT molecular complexity index is 1520. The zero-order valence-electron chi connectivity index (χ0n) is 33.4. The SMILES string of the molecule is C=C(C[C@@H](OCOC)[C@@H](C)[C@H]1CC[C@H]2[C@@H]3CC=C4C[C@@H](O[Si](c5ccccc5)(c5ccccc5)C(C)(C)C)CC[C@]4(C)[C@H]3CC[C@]12C)C(=O)OCC. The number of esters is 1. The molecular weight excluding hydrogens is 661 g/mol. The van der Waals surface area contributed by atoms with E-state index in [4.69, 9.17) is 18.6 Å². The summed E-state index contributed by atoms with van der Waals surface area (Å²) in [4.78, 5) is 12.5. The van der Waals surface area contributed by atoms with E-state index in [0.717, 1.165) is 18.8 Å². The molecule has 4 aliphatic rings. The van der Waals surface area contributed by atoms with Crippen molar-refractivity contribution in [1.82, 2.24) is 0 Å². The molecule has 6 heteroatoms. The molecular formula is C46H66O5Si. The summed E-state index contributed by atoms with van der Waals surface area (Å²) in [5.41, 5.74) is 2.65. The molecule has 0 N–H and O–H groups in total. The maximum atomic E-state index is 12.5. The van der Waals surface area contributed by atoms with Crippen molar-refractivity contribution in [3.8, 4) is 0 Å². The van der Waals surface area contributed by atoms with Crippen molar-refractivity contribution < 1.29 is 23.4 Å². The highest BCUT2D eigenvalue weighted by molar-refractivity contribution is 6.99. The molecule has 6 rings (SSSR count). The second kappa shape index (κ2) is 15.7. The van der Waals surface area contributed by atoms with Crippen LogP contribution >= 0.6 is 0 Å². The molecule has 0 saturated heterocycles. The first-order valence-corrected chi connectivity index (χ1v) is 22.1. The van der Waals surface area contributed by atoms with Gasteiger partial charge in [-0.05, 0) is 114 Å². The minimum atomic E-state index is -2.61.